The van der Waals surface area contributed by atoms with Gasteiger partial charge in [0.25, 0.3) is 0 Å². The summed E-state index contributed by atoms with van der Waals surface area (Å²) in [5, 5.41) is 7.70. The van der Waals surface area contributed by atoms with Crippen LogP contribution in [0.4, 0.5) is 0 Å². The first-order valence-electron chi connectivity index (χ1n) is 4.64. The summed E-state index contributed by atoms with van der Waals surface area (Å²) in [4.78, 5) is 7.95. The molecule has 1 aromatic rings. The number of pyridine rings is 1. The van der Waals surface area contributed by atoms with Crippen molar-refractivity contribution in [2.45, 2.75) is 0 Å². The lowest BCUT2D eigenvalue weighted by Crippen LogP contribution is -2.30. The van der Waals surface area contributed by atoms with Crippen LogP contribution in [0.1, 0.15) is 5.56 Å². The number of hydrogen-bond acceptors (Lipinski definition) is 5. The van der Waals surface area contributed by atoms with Crippen LogP contribution in [-0.4, -0.2) is 30.2 Å². The SMILES string of the molecule is Clc1cc(C=NNC2=NCCN2)cc(Cl)n1. The Morgan fingerprint density at radius 1 is 1.38 bits per heavy atom. The second kappa shape index (κ2) is 5.14. The first kappa shape index (κ1) is 11.2. The zero-order valence-corrected chi connectivity index (χ0v) is 9.76. The Bertz CT molecular complexity index is 423. The van der Waals surface area contributed by atoms with Gasteiger partial charge in [-0.1, -0.05) is 23.2 Å². The summed E-state index contributed by atoms with van der Waals surface area (Å²) in [6.45, 7) is 1.61. The van der Waals surface area contributed by atoms with E-state index in [1.165, 1.54) is 0 Å². The van der Waals surface area contributed by atoms with Gasteiger partial charge in [0.2, 0.25) is 5.96 Å². The monoisotopic (exact) mass is 257 g/mol. The van der Waals surface area contributed by atoms with E-state index in [1.54, 1.807) is 18.3 Å². The maximum absolute atomic E-state index is 5.74. The topological polar surface area (TPSA) is 61.7 Å². The van der Waals surface area contributed by atoms with Crippen molar-refractivity contribution in [1.82, 2.24) is 15.7 Å². The number of hydrazone groups is 1. The molecule has 2 rings (SSSR count). The van der Waals surface area contributed by atoms with Crippen molar-refractivity contribution in [1.29, 1.82) is 0 Å². The van der Waals surface area contributed by atoms with E-state index in [4.69, 9.17) is 23.2 Å². The lowest BCUT2D eigenvalue weighted by atomic mass is 10.3. The van der Waals surface area contributed by atoms with Crippen molar-refractivity contribution >= 4 is 35.4 Å². The standard InChI is InChI=1S/C9H9Cl2N5/c10-7-3-6(4-8(11)15-7)5-14-16-9-12-1-2-13-9/h3-5H,1-2H2,(H2,12,13,16). The van der Waals surface area contributed by atoms with Gasteiger partial charge in [-0.2, -0.15) is 5.10 Å². The van der Waals surface area contributed by atoms with Crippen LogP contribution in [0, 0.1) is 0 Å². The molecule has 84 valence electrons. The van der Waals surface area contributed by atoms with Crippen LogP contribution in [-0.2, 0) is 0 Å². The molecule has 7 heteroatoms. The zero-order chi connectivity index (χ0) is 11.4. The fraction of sp³-hybridized carbons (Fsp3) is 0.222. The van der Waals surface area contributed by atoms with Gasteiger partial charge in [0.1, 0.15) is 10.3 Å². The highest BCUT2D eigenvalue weighted by atomic mass is 35.5. The molecule has 0 radical (unpaired) electrons. The summed E-state index contributed by atoms with van der Waals surface area (Å²) in [7, 11) is 0. The fourth-order valence-corrected chi connectivity index (χ4v) is 1.68. The van der Waals surface area contributed by atoms with Crippen molar-refractivity contribution in [2.75, 3.05) is 13.1 Å². The largest absolute Gasteiger partial charge is 0.353 e. The summed E-state index contributed by atoms with van der Waals surface area (Å²) in [5.74, 6) is 0.669. The van der Waals surface area contributed by atoms with Crippen LogP contribution in [0.2, 0.25) is 10.3 Å². The molecule has 16 heavy (non-hydrogen) atoms. The van der Waals surface area contributed by atoms with Crippen LogP contribution < -0.4 is 10.7 Å². The van der Waals surface area contributed by atoms with Crippen LogP contribution >= 0.6 is 23.2 Å². The average Bonchev–Trinajstić information content (AvgIpc) is 2.69. The number of nitrogens with zero attached hydrogens (tertiary/aromatic N) is 3. The molecular formula is C9H9Cl2N5. The molecule has 5 nitrogen and oxygen atoms in total. The highest BCUT2D eigenvalue weighted by Gasteiger charge is 2.01. The van der Waals surface area contributed by atoms with E-state index in [1.807, 2.05) is 0 Å². The summed E-state index contributed by atoms with van der Waals surface area (Å²) >= 11 is 11.5. The van der Waals surface area contributed by atoms with Crippen molar-refractivity contribution in [3.8, 4) is 0 Å². The van der Waals surface area contributed by atoms with Gasteiger partial charge in [-0.15, -0.1) is 0 Å². The highest BCUT2D eigenvalue weighted by Crippen LogP contribution is 2.12. The third kappa shape index (κ3) is 3.08. The number of rotatable bonds is 2. The Kier molecular flexibility index (Phi) is 3.58. The number of guanidine groups is 1. The molecule has 0 unspecified atom stereocenters. The number of aromatic nitrogens is 1. The summed E-state index contributed by atoms with van der Waals surface area (Å²) < 4.78 is 0. The van der Waals surface area contributed by atoms with Crippen LogP contribution in [0.15, 0.2) is 22.2 Å². The lowest BCUT2D eigenvalue weighted by Gasteiger charge is -1.99. The molecule has 0 spiro atoms. The molecule has 1 aliphatic heterocycles. The molecule has 0 saturated heterocycles. The third-order valence-corrected chi connectivity index (χ3v) is 2.23. The van der Waals surface area contributed by atoms with E-state index >= 15 is 0 Å². The van der Waals surface area contributed by atoms with Crippen molar-refractivity contribution < 1.29 is 0 Å². The third-order valence-electron chi connectivity index (χ3n) is 1.84. The molecule has 0 saturated carbocycles. The Morgan fingerprint density at radius 2 is 2.12 bits per heavy atom. The molecule has 2 N–H and O–H groups in total. The highest BCUT2D eigenvalue weighted by molar-refractivity contribution is 6.32. The minimum absolute atomic E-state index is 0.338. The van der Waals surface area contributed by atoms with E-state index in [0.29, 0.717) is 16.3 Å². The number of halogens is 2. The predicted molar refractivity (Wildman–Crippen MR) is 65.3 cm³/mol. The quantitative estimate of drug-likeness (QED) is 0.477. The van der Waals surface area contributed by atoms with Gasteiger partial charge in [0.15, 0.2) is 0 Å². The summed E-state index contributed by atoms with van der Waals surface area (Å²) in [5.41, 5.74) is 3.54. The number of aliphatic imine (C=N–C) groups is 1. The van der Waals surface area contributed by atoms with Crippen molar-refractivity contribution in [3.05, 3.63) is 28.0 Å². The molecule has 2 heterocycles. The van der Waals surface area contributed by atoms with Gasteiger partial charge in [0.05, 0.1) is 12.8 Å². The second-order valence-corrected chi connectivity index (χ2v) is 3.85. The van der Waals surface area contributed by atoms with Crippen LogP contribution in [0.25, 0.3) is 0 Å². The molecule has 0 amide bonds. The van der Waals surface area contributed by atoms with Gasteiger partial charge >= 0.3 is 0 Å². The van der Waals surface area contributed by atoms with Crippen molar-refractivity contribution in [2.24, 2.45) is 10.1 Å². The molecule has 1 aliphatic rings. The Morgan fingerprint density at radius 3 is 2.75 bits per heavy atom. The van der Waals surface area contributed by atoms with Gasteiger partial charge in [-0.05, 0) is 12.1 Å². The molecule has 0 fully saturated rings. The first-order chi connectivity index (χ1) is 7.74. The zero-order valence-electron chi connectivity index (χ0n) is 8.24. The number of hydrogen-bond donors (Lipinski definition) is 2. The molecule has 0 bridgehead atoms. The fourth-order valence-electron chi connectivity index (χ4n) is 1.20. The Labute approximate surface area is 103 Å². The second-order valence-electron chi connectivity index (χ2n) is 3.07. The van der Waals surface area contributed by atoms with Crippen LogP contribution in [0.5, 0.6) is 0 Å². The maximum atomic E-state index is 5.74. The first-order valence-corrected chi connectivity index (χ1v) is 5.40. The average molecular weight is 258 g/mol. The van der Waals surface area contributed by atoms with E-state index < -0.39 is 0 Å². The minimum Gasteiger partial charge on any atom is -0.353 e. The van der Waals surface area contributed by atoms with E-state index in [2.05, 4.69) is 25.8 Å². The Balaban J connectivity index is 1.99. The van der Waals surface area contributed by atoms with Gasteiger partial charge in [-0.25, -0.2) is 15.4 Å². The van der Waals surface area contributed by atoms with E-state index in [9.17, 15) is 0 Å². The van der Waals surface area contributed by atoms with Crippen molar-refractivity contribution in [3.63, 3.8) is 0 Å². The smallest absolute Gasteiger partial charge is 0.212 e. The molecule has 0 aromatic carbocycles. The van der Waals surface area contributed by atoms with Gasteiger partial charge in [-0.3, -0.25) is 0 Å². The lowest BCUT2D eigenvalue weighted by molar-refractivity contribution is 0.920. The van der Waals surface area contributed by atoms with Gasteiger partial charge in [0, 0.05) is 12.1 Å². The molecule has 0 aliphatic carbocycles. The summed E-state index contributed by atoms with van der Waals surface area (Å²) in [6.07, 6.45) is 1.60. The van der Waals surface area contributed by atoms with E-state index in [0.717, 1.165) is 18.7 Å². The van der Waals surface area contributed by atoms with Gasteiger partial charge < -0.3 is 5.32 Å². The molecular weight excluding hydrogens is 249 g/mol. The van der Waals surface area contributed by atoms with E-state index in [-0.39, 0.29) is 0 Å². The number of nitrogens with one attached hydrogen (secondary N) is 2. The maximum Gasteiger partial charge on any atom is 0.212 e. The summed E-state index contributed by atoms with van der Waals surface area (Å²) in [6, 6.07) is 3.34. The van der Waals surface area contributed by atoms with Crippen LogP contribution in [0.3, 0.4) is 0 Å². The molecule has 0 atom stereocenters. The normalized spacial score (nSPS) is 15.0. The predicted octanol–water partition coefficient (Wildman–Crippen LogP) is 1.27. The molecule has 1 aromatic heterocycles. The minimum atomic E-state index is 0.338. The Hall–Kier alpha value is -1.33.